The first-order valence-corrected chi connectivity index (χ1v) is 4.65. The van der Waals surface area contributed by atoms with Crippen molar-refractivity contribution in [3.05, 3.63) is 23.1 Å². The molecular formula is C9H16FN3O. The molecule has 0 rings (SSSR count). The van der Waals surface area contributed by atoms with Gasteiger partial charge in [-0.15, -0.1) is 6.58 Å². The highest BCUT2D eigenvalue weighted by atomic mass is 19.1. The van der Waals surface area contributed by atoms with Crippen LogP contribution in [-0.2, 0) is 4.74 Å². The van der Waals surface area contributed by atoms with Crippen molar-refractivity contribution in [1.82, 2.24) is 0 Å². The maximum absolute atomic E-state index is 13.2. The molecule has 0 aliphatic heterocycles. The highest BCUT2D eigenvalue weighted by Gasteiger charge is 2.17. The highest BCUT2D eigenvalue weighted by Crippen LogP contribution is 2.07. The molecule has 0 unspecified atom stereocenters. The van der Waals surface area contributed by atoms with E-state index in [4.69, 9.17) is 10.3 Å². The molecule has 0 bridgehead atoms. The Bertz CT molecular complexity index is 204. The van der Waals surface area contributed by atoms with Gasteiger partial charge in [-0.05, 0) is 12.0 Å². The van der Waals surface area contributed by atoms with Crippen molar-refractivity contribution in [3.8, 4) is 0 Å². The first-order chi connectivity index (χ1) is 6.76. The van der Waals surface area contributed by atoms with E-state index in [2.05, 4.69) is 16.6 Å². The van der Waals surface area contributed by atoms with E-state index in [1.54, 1.807) is 0 Å². The second-order valence-electron chi connectivity index (χ2n) is 2.85. The summed E-state index contributed by atoms with van der Waals surface area (Å²) in [5.41, 5.74) is 8.01. The molecule has 0 fully saturated rings. The summed E-state index contributed by atoms with van der Waals surface area (Å²) < 4.78 is 18.4. The topological polar surface area (TPSA) is 58.0 Å². The number of azide groups is 1. The molecule has 0 saturated heterocycles. The van der Waals surface area contributed by atoms with Crippen molar-refractivity contribution < 1.29 is 9.13 Å². The Morgan fingerprint density at radius 1 is 1.71 bits per heavy atom. The van der Waals surface area contributed by atoms with Gasteiger partial charge in [-0.2, -0.15) is 0 Å². The molecule has 4 nitrogen and oxygen atoms in total. The summed E-state index contributed by atoms with van der Waals surface area (Å²) in [6, 6.07) is 0. The smallest absolute Gasteiger partial charge is 0.135 e. The number of alkyl halides is 1. The van der Waals surface area contributed by atoms with Crippen LogP contribution in [-0.4, -0.2) is 25.4 Å². The third-order valence-corrected chi connectivity index (χ3v) is 1.72. The zero-order valence-electron chi connectivity index (χ0n) is 8.40. The van der Waals surface area contributed by atoms with Crippen LogP contribution in [0.15, 0.2) is 17.8 Å². The van der Waals surface area contributed by atoms with Crippen LogP contribution >= 0.6 is 0 Å². The molecule has 0 aromatic rings. The van der Waals surface area contributed by atoms with Crippen molar-refractivity contribution in [2.75, 3.05) is 13.2 Å². The van der Waals surface area contributed by atoms with Gasteiger partial charge in [0.15, 0.2) is 0 Å². The Morgan fingerprint density at radius 2 is 2.43 bits per heavy atom. The largest absolute Gasteiger partial charge is 0.371 e. The summed E-state index contributed by atoms with van der Waals surface area (Å²) in [7, 11) is 0. The van der Waals surface area contributed by atoms with E-state index in [1.165, 1.54) is 6.08 Å². The molecule has 14 heavy (non-hydrogen) atoms. The van der Waals surface area contributed by atoms with E-state index < -0.39 is 12.3 Å². The summed E-state index contributed by atoms with van der Waals surface area (Å²) in [5.74, 6) is 0. The number of halogens is 1. The second kappa shape index (κ2) is 8.53. The summed E-state index contributed by atoms with van der Waals surface area (Å²) >= 11 is 0. The summed E-state index contributed by atoms with van der Waals surface area (Å²) in [4.78, 5) is 2.48. The molecule has 0 aromatic carbocycles. The molecule has 0 radical (unpaired) electrons. The van der Waals surface area contributed by atoms with Crippen molar-refractivity contribution in [2.45, 2.75) is 32.0 Å². The quantitative estimate of drug-likeness (QED) is 0.196. The highest BCUT2D eigenvalue weighted by molar-refractivity contribution is 4.87. The average Bonchev–Trinajstić information content (AvgIpc) is 2.21. The molecule has 0 N–H and O–H groups in total. The molecule has 80 valence electrons. The number of hydrogen-bond acceptors (Lipinski definition) is 2. The predicted octanol–water partition coefficient (Wildman–Crippen LogP) is 3.01. The standard InChI is InChI=1S/C9H16FN3O/c1-3-5-6-14-9(4-2)8(10)7-12-13-11/h4,8-9H,2-3,5-7H2,1H3/t8-,9+/m0/s1. The van der Waals surface area contributed by atoms with Gasteiger partial charge >= 0.3 is 0 Å². The molecule has 0 aromatic heterocycles. The molecule has 0 spiro atoms. The van der Waals surface area contributed by atoms with Crippen LogP contribution in [0.4, 0.5) is 4.39 Å². The Balaban J connectivity index is 3.85. The zero-order valence-corrected chi connectivity index (χ0v) is 8.40. The first-order valence-electron chi connectivity index (χ1n) is 4.65. The van der Waals surface area contributed by atoms with E-state index in [1.807, 2.05) is 6.92 Å². The van der Waals surface area contributed by atoms with Gasteiger partial charge in [-0.1, -0.05) is 24.5 Å². The Kier molecular flexibility index (Phi) is 7.89. The summed E-state index contributed by atoms with van der Waals surface area (Å²) in [5, 5.41) is 3.15. The molecule has 0 aliphatic carbocycles. The molecule has 2 atom stereocenters. The van der Waals surface area contributed by atoms with Gasteiger partial charge in [0.2, 0.25) is 0 Å². The van der Waals surface area contributed by atoms with Gasteiger partial charge in [0, 0.05) is 11.5 Å². The number of rotatable bonds is 8. The third kappa shape index (κ3) is 5.56. The lowest BCUT2D eigenvalue weighted by molar-refractivity contribution is 0.0305. The number of unbranched alkanes of at least 4 members (excludes halogenated alkanes) is 1. The fourth-order valence-electron chi connectivity index (χ4n) is 0.902. The van der Waals surface area contributed by atoms with Gasteiger partial charge in [-0.25, -0.2) is 4.39 Å². The lowest BCUT2D eigenvalue weighted by Crippen LogP contribution is -2.26. The predicted molar refractivity (Wildman–Crippen MR) is 53.8 cm³/mol. The van der Waals surface area contributed by atoms with Crippen molar-refractivity contribution in [3.63, 3.8) is 0 Å². The first kappa shape index (κ1) is 12.9. The number of hydrogen-bond donors (Lipinski definition) is 0. The lowest BCUT2D eigenvalue weighted by atomic mass is 10.2. The van der Waals surface area contributed by atoms with Gasteiger partial charge in [0.1, 0.15) is 12.3 Å². The maximum Gasteiger partial charge on any atom is 0.135 e. The van der Waals surface area contributed by atoms with E-state index in [0.29, 0.717) is 6.61 Å². The van der Waals surface area contributed by atoms with E-state index in [0.717, 1.165) is 12.8 Å². The maximum atomic E-state index is 13.2. The van der Waals surface area contributed by atoms with Gasteiger partial charge in [0.25, 0.3) is 0 Å². The zero-order chi connectivity index (χ0) is 10.8. The van der Waals surface area contributed by atoms with Crippen LogP contribution in [0.1, 0.15) is 19.8 Å². The molecular weight excluding hydrogens is 185 g/mol. The van der Waals surface area contributed by atoms with Gasteiger partial charge in [-0.3, -0.25) is 0 Å². The van der Waals surface area contributed by atoms with E-state index >= 15 is 0 Å². The van der Waals surface area contributed by atoms with Crippen molar-refractivity contribution >= 4 is 0 Å². The van der Waals surface area contributed by atoms with Crippen LogP contribution in [0, 0.1) is 0 Å². The van der Waals surface area contributed by atoms with Crippen LogP contribution in [0.2, 0.25) is 0 Å². The van der Waals surface area contributed by atoms with Gasteiger partial charge in [0.05, 0.1) is 6.54 Å². The van der Waals surface area contributed by atoms with Crippen LogP contribution in [0.5, 0.6) is 0 Å². The molecule has 0 aliphatic rings. The fraction of sp³-hybridized carbons (Fsp3) is 0.778. The van der Waals surface area contributed by atoms with Crippen LogP contribution < -0.4 is 0 Å². The molecule has 0 heterocycles. The lowest BCUT2D eigenvalue weighted by Gasteiger charge is -2.16. The van der Waals surface area contributed by atoms with E-state index in [9.17, 15) is 4.39 Å². The SMILES string of the molecule is C=C[C@@H](OCCCC)[C@@H](F)CN=[N+]=[N-]. The van der Waals surface area contributed by atoms with Gasteiger partial charge < -0.3 is 4.74 Å². The van der Waals surface area contributed by atoms with Crippen molar-refractivity contribution in [2.24, 2.45) is 5.11 Å². The van der Waals surface area contributed by atoms with Crippen LogP contribution in [0.3, 0.4) is 0 Å². The minimum Gasteiger partial charge on any atom is -0.371 e. The average molecular weight is 201 g/mol. The Morgan fingerprint density at radius 3 is 2.93 bits per heavy atom. The monoisotopic (exact) mass is 201 g/mol. The van der Waals surface area contributed by atoms with E-state index in [-0.39, 0.29) is 6.54 Å². The summed E-state index contributed by atoms with van der Waals surface area (Å²) in [6.07, 6.45) is 1.30. The Labute approximate surface area is 83.4 Å². The summed E-state index contributed by atoms with van der Waals surface area (Å²) in [6.45, 7) is 5.79. The second-order valence-corrected chi connectivity index (χ2v) is 2.85. The third-order valence-electron chi connectivity index (χ3n) is 1.72. The minimum absolute atomic E-state index is 0.209. The molecule has 5 heteroatoms. The normalized spacial score (nSPS) is 14.1. The van der Waals surface area contributed by atoms with Crippen molar-refractivity contribution in [1.29, 1.82) is 0 Å². The fourth-order valence-corrected chi connectivity index (χ4v) is 0.902. The minimum atomic E-state index is -1.31. The number of ether oxygens (including phenoxy) is 1. The molecule has 0 amide bonds. The molecule has 0 saturated carbocycles. The Hall–Kier alpha value is -1.06. The van der Waals surface area contributed by atoms with Crippen LogP contribution in [0.25, 0.3) is 10.4 Å². The number of nitrogens with zero attached hydrogens (tertiary/aromatic N) is 3.